The number of carbonyl (C=O) groups is 1. The first-order valence-corrected chi connectivity index (χ1v) is 10.1. The first-order valence-electron chi connectivity index (χ1n) is 10.1. The van der Waals surface area contributed by atoms with Crippen LogP contribution in [0, 0.1) is 0 Å². The van der Waals surface area contributed by atoms with E-state index in [-0.39, 0.29) is 0 Å². The van der Waals surface area contributed by atoms with E-state index in [0.29, 0.717) is 5.56 Å². The molecule has 0 radical (unpaired) electrons. The zero-order chi connectivity index (χ0) is 20.1. The Morgan fingerprint density at radius 3 is 1.37 bits per heavy atom. The minimum absolute atomic E-state index is 0.694. The van der Waals surface area contributed by atoms with Gasteiger partial charge < -0.3 is 0 Å². The molecule has 0 aliphatic rings. The molecule has 1 heteroatoms. The second kappa shape index (κ2) is 6.53. The Morgan fingerprint density at radius 2 is 0.900 bits per heavy atom. The predicted molar refractivity (Wildman–Crippen MR) is 127 cm³/mol. The van der Waals surface area contributed by atoms with Crippen molar-refractivity contribution in [1.29, 1.82) is 0 Å². The van der Waals surface area contributed by atoms with Crippen LogP contribution in [-0.4, -0.2) is 6.29 Å². The summed E-state index contributed by atoms with van der Waals surface area (Å²) in [6.45, 7) is 0. The van der Waals surface area contributed by atoms with Gasteiger partial charge in [-0.3, -0.25) is 4.79 Å². The Bertz CT molecular complexity index is 1500. The molecule has 6 aromatic carbocycles. The molecule has 0 aromatic heterocycles. The lowest BCUT2D eigenvalue weighted by molar-refractivity contribution is 0.112. The molecular formula is C29H18O. The SMILES string of the molecule is O=Cc1ccc(-c2c3cc4ccccc4cc3cc3cc4ccccc4cc23)cc1. The van der Waals surface area contributed by atoms with Crippen LogP contribution < -0.4 is 0 Å². The van der Waals surface area contributed by atoms with Crippen LogP contribution in [0.2, 0.25) is 0 Å². The Morgan fingerprint density at radius 1 is 0.467 bits per heavy atom. The highest BCUT2D eigenvalue weighted by molar-refractivity contribution is 6.18. The third kappa shape index (κ3) is 2.60. The van der Waals surface area contributed by atoms with E-state index in [1.807, 2.05) is 12.1 Å². The van der Waals surface area contributed by atoms with Gasteiger partial charge in [0, 0.05) is 5.56 Å². The molecule has 0 saturated carbocycles. The number of fused-ring (bicyclic) bond motifs is 4. The van der Waals surface area contributed by atoms with E-state index in [0.717, 1.165) is 11.8 Å². The fraction of sp³-hybridized carbons (Fsp3) is 0. The topological polar surface area (TPSA) is 17.1 Å². The lowest BCUT2D eigenvalue weighted by Gasteiger charge is -2.14. The van der Waals surface area contributed by atoms with E-state index in [2.05, 4.69) is 91.0 Å². The molecule has 0 heterocycles. The average molecular weight is 382 g/mol. The van der Waals surface area contributed by atoms with Crippen molar-refractivity contribution in [2.45, 2.75) is 0 Å². The summed E-state index contributed by atoms with van der Waals surface area (Å²) in [6.07, 6.45) is 0.895. The summed E-state index contributed by atoms with van der Waals surface area (Å²) in [7, 11) is 0. The monoisotopic (exact) mass is 382 g/mol. The fourth-order valence-electron chi connectivity index (χ4n) is 4.54. The highest BCUT2D eigenvalue weighted by Gasteiger charge is 2.12. The summed E-state index contributed by atoms with van der Waals surface area (Å²) in [6, 6.07) is 36.4. The summed E-state index contributed by atoms with van der Waals surface area (Å²) in [4.78, 5) is 11.2. The molecule has 0 saturated heterocycles. The van der Waals surface area contributed by atoms with Crippen molar-refractivity contribution in [2.24, 2.45) is 0 Å². The molecule has 30 heavy (non-hydrogen) atoms. The van der Waals surface area contributed by atoms with Gasteiger partial charge in [0.25, 0.3) is 0 Å². The van der Waals surface area contributed by atoms with E-state index < -0.39 is 0 Å². The van der Waals surface area contributed by atoms with E-state index in [1.165, 1.54) is 48.7 Å². The second-order valence-electron chi connectivity index (χ2n) is 7.83. The van der Waals surface area contributed by atoms with Crippen molar-refractivity contribution in [2.75, 3.05) is 0 Å². The summed E-state index contributed by atoms with van der Waals surface area (Å²) in [5, 5.41) is 9.87. The molecule has 0 bridgehead atoms. The van der Waals surface area contributed by atoms with Crippen molar-refractivity contribution in [3.63, 3.8) is 0 Å². The van der Waals surface area contributed by atoms with Crippen molar-refractivity contribution < 1.29 is 4.79 Å². The number of hydrogen-bond donors (Lipinski definition) is 0. The number of hydrogen-bond acceptors (Lipinski definition) is 1. The van der Waals surface area contributed by atoms with E-state index in [1.54, 1.807) is 0 Å². The highest BCUT2D eigenvalue weighted by Crippen LogP contribution is 2.39. The van der Waals surface area contributed by atoms with Gasteiger partial charge in [-0.1, -0.05) is 72.8 Å². The maximum atomic E-state index is 11.2. The molecule has 140 valence electrons. The maximum Gasteiger partial charge on any atom is 0.150 e. The quantitative estimate of drug-likeness (QED) is 0.221. The smallest absolute Gasteiger partial charge is 0.150 e. The van der Waals surface area contributed by atoms with E-state index in [4.69, 9.17) is 0 Å². The largest absolute Gasteiger partial charge is 0.298 e. The number of carbonyl (C=O) groups excluding carboxylic acids is 1. The molecule has 0 N–H and O–H groups in total. The number of benzene rings is 6. The number of aldehydes is 1. The van der Waals surface area contributed by atoms with Gasteiger partial charge in [-0.25, -0.2) is 0 Å². The summed E-state index contributed by atoms with van der Waals surface area (Å²) >= 11 is 0. The molecule has 6 rings (SSSR count). The van der Waals surface area contributed by atoms with Gasteiger partial charge in [-0.15, -0.1) is 0 Å². The van der Waals surface area contributed by atoms with Crippen LogP contribution in [0.25, 0.3) is 54.2 Å². The van der Waals surface area contributed by atoms with E-state index >= 15 is 0 Å². The maximum absolute atomic E-state index is 11.2. The number of rotatable bonds is 2. The molecule has 0 amide bonds. The van der Waals surface area contributed by atoms with Crippen LogP contribution in [0.4, 0.5) is 0 Å². The fourth-order valence-corrected chi connectivity index (χ4v) is 4.54. The third-order valence-corrected chi connectivity index (χ3v) is 6.02. The highest BCUT2D eigenvalue weighted by atomic mass is 16.1. The normalized spacial score (nSPS) is 11.5. The van der Waals surface area contributed by atoms with Gasteiger partial charge in [0.1, 0.15) is 6.29 Å². The summed E-state index contributed by atoms with van der Waals surface area (Å²) in [5.41, 5.74) is 3.04. The molecule has 0 spiro atoms. The molecule has 0 aliphatic carbocycles. The summed E-state index contributed by atoms with van der Waals surface area (Å²) < 4.78 is 0. The molecule has 6 aromatic rings. The molecule has 0 aliphatic heterocycles. The van der Waals surface area contributed by atoms with Crippen molar-refractivity contribution in [1.82, 2.24) is 0 Å². The minimum atomic E-state index is 0.694. The van der Waals surface area contributed by atoms with Crippen molar-refractivity contribution in [3.05, 3.63) is 109 Å². The lowest BCUT2D eigenvalue weighted by atomic mass is 9.89. The molecular weight excluding hydrogens is 364 g/mol. The van der Waals surface area contributed by atoms with Crippen molar-refractivity contribution in [3.8, 4) is 11.1 Å². The van der Waals surface area contributed by atoms with E-state index in [9.17, 15) is 4.79 Å². The Labute approximate surface area is 174 Å². The first kappa shape index (κ1) is 16.9. The Balaban J connectivity index is 1.81. The zero-order valence-corrected chi connectivity index (χ0v) is 16.3. The van der Waals surface area contributed by atoms with Gasteiger partial charge in [-0.05, 0) is 84.5 Å². The van der Waals surface area contributed by atoms with Gasteiger partial charge >= 0.3 is 0 Å². The Hall–Kier alpha value is -3.97. The van der Waals surface area contributed by atoms with Crippen LogP contribution in [-0.2, 0) is 0 Å². The summed E-state index contributed by atoms with van der Waals surface area (Å²) in [5.74, 6) is 0. The molecule has 0 fully saturated rings. The van der Waals surface area contributed by atoms with Gasteiger partial charge in [0.05, 0.1) is 0 Å². The van der Waals surface area contributed by atoms with Crippen LogP contribution in [0.15, 0.2) is 103 Å². The molecule has 1 nitrogen and oxygen atoms in total. The van der Waals surface area contributed by atoms with Crippen LogP contribution in [0.1, 0.15) is 10.4 Å². The van der Waals surface area contributed by atoms with Crippen LogP contribution in [0.3, 0.4) is 0 Å². The van der Waals surface area contributed by atoms with Gasteiger partial charge in [-0.2, -0.15) is 0 Å². The second-order valence-corrected chi connectivity index (χ2v) is 7.83. The van der Waals surface area contributed by atoms with Crippen molar-refractivity contribution >= 4 is 49.4 Å². The van der Waals surface area contributed by atoms with Gasteiger partial charge in [0.15, 0.2) is 0 Å². The molecule has 0 atom stereocenters. The van der Waals surface area contributed by atoms with Gasteiger partial charge in [0.2, 0.25) is 0 Å². The third-order valence-electron chi connectivity index (χ3n) is 6.02. The average Bonchev–Trinajstić information content (AvgIpc) is 2.80. The Kier molecular flexibility index (Phi) is 3.69. The first-order chi connectivity index (χ1) is 14.8. The van der Waals surface area contributed by atoms with Crippen LogP contribution >= 0.6 is 0 Å². The minimum Gasteiger partial charge on any atom is -0.298 e. The predicted octanol–water partition coefficient (Wildman–Crippen LogP) is 7.78. The molecule has 0 unspecified atom stereocenters. The standard InChI is InChI=1S/C29H18O/c30-18-19-9-11-20(12-10-19)29-27-16-23-7-3-1-5-21(23)13-25(27)15-26-14-22-6-2-4-8-24(22)17-28(26)29/h1-18H. The lowest BCUT2D eigenvalue weighted by Crippen LogP contribution is -1.88. The zero-order valence-electron chi connectivity index (χ0n) is 16.3. The van der Waals surface area contributed by atoms with Crippen LogP contribution in [0.5, 0.6) is 0 Å².